The van der Waals surface area contributed by atoms with E-state index in [9.17, 15) is 0 Å². The minimum Gasteiger partial charge on any atom is -0.677 e. The molecule has 0 aromatic carbocycles. The Kier molecular flexibility index (Phi) is 19.7. The second kappa shape index (κ2) is 14.7. The third-order valence-electron chi connectivity index (χ3n) is 1.91. The van der Waals surface area contributed by atoms with Gasteiger partial charge in [-0.15, -0.1) is 0 Å². The van der Waals surface area contributed by atoms with Gasteiger partial charge in [-0.3, -0.25) is 0 Å². The molecule has 0 aromatic rings. The second-order valence-corrected chi connectivity index (χ2v) is 5.65. The number of nitrogens with one attached hydrogen (secondary N) is 1. The van der Waals surface area contributed by atoms with E-state index in [4.69, 9.17) is 5.73 Å². The first-order valence-electron chi connectivity index (χ1n) is 6.35. The van der Waals surface area contributed by atoms with E-state index in [2.05, 4.69) is 48.5 Å². The van der Waals surface area contributed by atoms with Gasteiger partial charge >= 0.3 is 0 Å². The topological polar surface area (TPSA) is 23.8 Å². The van der Waals surface area contributed by atoms with Crippen LogP contribution >= 0.6 is 0 Å². The number of hydrogen-bond acceptors (Lipinski definition) is 0. The van der Waals surface area contributed by atoms with Gasteiger partial charge in [-0.2, -0.15) is 53.5 Å². The summed E-state index contributed by atoms with van der Waals surface area (Å²) < 4.78 is 0. The van der Waals surface area contributed by atoms with Gasteiger partial charge in [0.25, 0.3) is 0 Å². The van der Waals surface area contributed by atoms with Crippen molar-refractivity contribution in [2.45, 2.75) is 73.3 Å². The summed E-state index contributed by atoms with van der Waals surface area (Å²) in [7, 11) is 0. The van der Waals surface area contributed by atoms with Crippen molar-refractivity contribution >= 4 is 0 Å². The van der Waals surface area contributed by atoms with E-state index in [-0.39, 0.29) is 26.5 Å². The molecular formula is C15H31NPd-4. The molecule has 0 heterocycles. The Morgan fingerprint density at radius 1 is 0.882 bits per heavy atom. The average molecular weight is 332 g/mol. The van der Waals surface area contributed by atoms with Crippen molar-refractivity contribution in [1.29, 1.82) is 0 Å². The Morgan fingerprint density at radius 3 is 1.35 bits per heavy atom. The van der Waals surface area contributed by atoms with Crippen LogP contribution in [0, 0.1) is 24.7 Å². The van der Waals surface area contributed by atoms with E-state index in [0.717, 1.165) is 6.42 Å². The van der Waals surface area contributed by atoms with Gasteiger partial charge in [-0.05, 0) is 0 Å². The molecular weight excluding hydrogens is 301 g/mol. The van der Waals surface area contributed by atoms with Crippen LogP contribution in [0.5, 0.6) is 0 Å². The number of rotatable bonds is 0. The first kappa shape index (κ1) is 22.8. The van der Waals surface area contributed by atoms with Crippen molar-refractivity contribution in [3.8, 4) is 0 Å². The smallest absolute Gasteiger partial charge is 0 e. The molecule has 0 unspecified atom stereocenters. The maximum absolute atomic E-state index is 7.42. The van der Waals surface area contributed by atoms with Crippen LogP contribution in [-0.2, 0) is 20.4 Å². The molecule has 0 radical (unpaired) electrons. The molecule has 17 heavy (non-hydrogen) atoms. The zero-order chi connectivity index (χ0) is 13.1. The van der Waals surface area contributed by atoms with E-state index in [1.165, 1.54) is 31.1 Å². The molecule has 0 saturated heterocycles. The van der Waals surface area contributed by atoms with Crippen molar-refractivity contribution in [3.05, 3.63) is 24.5 Å². The Labute approximate surface area is 124 Å². The minimum atomic E-state index is 0. The van der Waals surface area contributed by atoms with Gasteiger partial charge < -0.3 is 24.5 Å². The van der Waals surface area contributed by atoms with Gasteiger partial charge in [-0.1, -0.05) is 25.7 Å². The fourth-order valence-electron chi connectivity index (χ4n) is 1.21. The third-order valence-corrected chi connectivity index (χ3v) is 1.91. The van der Waals surface area contributed by atoms with Crippen LogP contribution in [0.15, 0.2) is 0 Å². The molecule has 0 aliphatic heterocycles. The molecule has 0 amide bonds. The minimum absolute atomic E-state index is 0. The van der Waals surface area contributed by atoms with Crippen LogP contribution in [-0.4, -0.2) is 6.04 Å². The van der Waals surface area contributed by atoms with Crippen molar-refractivity contribution in [1.82, 2.24) is 0 Å². The Morgan fingerprint density at radius 2 is 1.18 bits per heavy atom. The predicted molar refractivity (Wildman–Crippen MR) is 76.0 cm³/mol. The van der Waals surface area contributed by atoms with Crippen molar-refractivity contribution < 1.29 is 20.4 Å². The number of hydrogen-bond donors (Lipinski definition) is 0. The summed E-state index contributed by atoms with van der Waals surface area (Å²) >= 11 is 0. The molecule has 2 heteroatoms. The average Bonchev–Trinajstić information content (AvgIpc) is 2.08. The zero-order valence-electron chi connectivity index (χ0n) is 12.5. The van der Waals surface area contributed by atoms with E-state index in [1.807, 2.05) is 0 Å². The van der Waals surface area contributed by atoms with Crippen LogP contribution < -0.4 is 0 Å². The molecule has 0 spiro atoms. The van der Waals surface area contributed by atoms with Gasteiger partial charge in [0, 0.05) is 20.4 Å². The van der Waals surface area contributed by atoms with Crippen LogP contribution in [0.2, 0.25) is 0 Å². The van der Waals surface area contributed by atoms with Crippen LogP contribution in [0.4, 0.5) is 0 Å². The van der Waals surface area contributed by atoms with Crippen molar-refractivity contribution in [3.63, 3.8) is 0 Å². The molecule has 1 aliphatic carbocycles. The summed E-state index contributed by atoms with van der Waals surface area (Å²) in [5.74, 6) is 3.25. The molecule has 1 fully saturated rings. The molecule has 0 bridgehead atoms. The third kappa shape index (κ3) is 26.3. The summed E-state index contributed by atoms with van der Waals surface area (Å²) in [5, 5.41) is 0. The summed E-state index contributed by atoms with van der Waals surface area (Å²) in [6.45, 7) is 16.4. The summed E-state index contributed by atoms with van der Waals surface area (Å²) in [5.41, 5.74) is 7.42. The van der Waals surface area contributed by atoms with Gasteiger partial charge in [0.2, 0.25) is 0 Å². The van der Waals surface area contributed by atoms with E-state index >= 15 is 0 Å². The quantitative estimate of drug-likeness (QED) is 0.403. The summed E-state index contributed by atoms with van der Waals surface area (Å²) in [4.78, 5) is 0. The molecule has 110 valence electrons. The van der Waals surface area contributed by atoms with Crippen LogP contribution in [0.3, 0.4) is 0 Å². The fourth-order valence-corrected chi connectivity index (χ4v) is 1.21. The van der Waals surface area contributed by atoms with Crippen LogP contribution in [0.1, 0.15) is 67.2 Å². The zero-order valence-corrected chi connectivity index (χ0v) is 14.1. The fraction of sp³-hybridized carbons (Fsp3) is 0.800. The van der Waals surface area contributed by atoms with E-state index < -0.39 is 0 Å². The molecule has 1 saturated carbocycles. The first-order valence-corrected chi connectivity index (χ1v) is 6.35. The molecule has 1 N–H and O–H groups in total. The molecule has 1 aliphatic rings. The largest absolute Gasteiger partial charge is 0.677 e. The molecule has 2 atom stereocenters. The summed E-state index contributed by atoms with van der Waals surface area (Å²) in [6.07, 6.45) is 4.80. The second-order valence-electron chi connectivity index (χ2n) is 5.65. The SMILES string of the molecule is C[C-](C)C.C[C-](C)C.[CH2-][C@@H]1CCCC[C@@H]1[NH-].[Pd]. The van der Waals surface area contributed by atoms with Gasteiger partial charge in [0.1, 0.15) is 0 Å². The van der Waals surface area contributed by atoms with Crippen LogP contribution in [0.25, 0.3) is 5.73 Å². The van der Waals surface area contributed by atoms with E-state index in [1.54, 1.807) is 0 Å². The Hall–Kier alpha value is 0.622. The maximum Gasteiger partial charge on any atom is 0 e. The predicted octanol–water partition coefficient (Wildman–Crippen LogP) is 5.67. The van der Waals surface area contributed by atoms with Crippen molar-refractivity contribution in [2.75, 3.05) is 0 Å². The van der Waals surface area contributed by atoms with Crippen molar-refractivity contribution in [2.24, 2.45) is 5.92 Å². The Balaban J connectivity index is -0.000000189. The van der Waals surface area contributed by atoms with E-state index in [0.29, 0.717) is 5.92 Å². The normalized spacial score (nSPS) is 22.9. The molecule has 1 nitrogen and oxygen atoms in total. The molecule has 1 rings (SSSR count). The van der Waals surface area contributed by atoms with Gasteiger partial charge in [-0.25, -0.2) is 0 Å². The van der Waals surface area contributed by atoms with Gasteiger partial charge in [0.05, 0.1) is 0 Å². The standard InChI is InChI=1S/C7H13N.2C4H9.Pd/c1-6-4-2-3-5-7(6)8;2*1-4(2)3;/h6-8H,1-5H2;2*1-3H3;/q-2;2*-1;/t6-,7+;;;/m1.../s1. The summed E-state index contributed by atoms with van der Waals surface area (Å²) in [6, 6.07) is 0.142. The van der Waals surface area contributed by atoms with Gasteiger partial charge in [0.15, 0.2) is 0 Å². The maximum atomic E-state index is 7.42. The first-order chi connectivity index (χ1) is 7.27. The Bertz CT molecular complexity index is 113. The molecule has 0 aromatic heterocycles. The monoisotopic (exact) mass is 331 g/mol.